The molecule has 0 heterocycles. The minimum Gasteiger partial charge on any atom is -0.504 e. The Morgan fingerprint density at radius 3 is 2.59 bits per heavy atom. The smallest absolute Gasteiger partial charge is 0.326 e. The van der Waals surface area contributed by atoms with E-state index in [0.717, 1.165) is 0 Å². The Morgan fingerprint density at radius 1 is 1.32 bits per heavy atom. The van der Waals surface area contributed by atoms with Gasteiger partial charge in [-0.1, -0.05) is 6.07 Å². The monoisotopic (exact) mass is 310 g/mol. The van der Waals surface area contributed by atoms with Gasteiger partial charge < -0.3 is 26.0 Å². The Hall–Kier alpha value is -2.28. The van der Waals surface area contributed by atoms with Crippen molar-refractivity contribution in [1.82, 2.24) is 5.32 Å². The number of carbonyl (C=O) groups excluding carboxylic acids is 2. The lowest BCUT2D eigenvalue weighted by molar-refractivity contribution is -0.149. The van der Waals surface area contributed by atoms with Crippen molar-refractivity contribution >= 4 is 11.9 Å². The molecule has 0 spiro atoms. The topological polar surface area (TPSA) is 122 Å². The lowest BCUT2D eigenvalue weighted by atomic mass is 9.94. The molecule has 7 nitrogen and oxygen atoms in total. The number of carbonyl (C=O) groups is 2. The second kappa shape index (κ2) is 7.65. The van der Waals surface area contributed by atoms with E-state index in [1.165, 1.54) is 26.0 Å². The van der Waals surface area contributed by atoms with E-state index in [-0.39, 0.29) is 30.4 Å². The Bertz CT molecular complexity index is 543. The zero-order chi connectivity index (χ0) is 16.8. The van der Waals surface area contributed by atoms with Gasteiger partial charge in [0, 0.05) is 19.9 Å². The maximum Gasteiger partial charge on any atom is 0.326 e. The van der Waals surface area contributed by atoms with E-state index >= 15 is 0 Å². The van der Waals surface area contributed by atoms with E-state index in [4.69, 9.17) is 10.5 Å². The van der Waals surface area contributed by atoms with Crippen LogP contribution in [0.1, 0.15) is 25.8 Å². The zero-order valence-electron chi connectivity index (χ0n) is 12.8. The highest BCUT2D eigenvalue weighted by atomic mass is 16.5. The number of esters is 1. The molecule has 122 valence electrons. The molecular formula is C15H22N2O5. The summed E-state index contributed by atoms with van der Waals surface area (Å²) in [5, 5.41) is 21.3. The largest absolute Gasteiger partial charge is 0.504 e. The molecule has 0 saturated heterocycles. The number of amides is 1. The number of phenolic OH excluding ortho intramolecular Hbond substituents is 2. The molecule has 1 amide bonds. The van der Waals surface area contributed by atoms with Gasteiger partial charge in [-0.25, -0.2) is 0 Å². The predicted octanol–water partition coefficient (Wildman–Crippen LogP) is 0.427. The molecule has 5 N–H and O–H groups in total. The van der Waals surface area contributed by atoms with E-state index in [9.17, 15) is 19.8 Å². The summed E-state index contributed by atoms with van der Waals surface area (Å²) in [7, 11) is 0. The van der Waals surface area contributed by atoms with Gasteiger partial charge in [0.05, 0.1) is 6.61 Å². The number of hydrogen-bond acceptors (Lipinski definition) is 6. The number of ether oxygens (including phenoxy) is 1. The van der Waals surface area contributed by atoms with Crippen molar-refractivity contribution in [3.05, 3.63) is 23.8 Å². The first-order valence-corrected chi connectivity index (χ1v) is 6.94. The lowest BCUT2D eigenvalue weighted by Gasteiger charge is -2.22. The lowest BCUT2D eigenvalue weighted by Crippen LogP contribution is -2.48. The predicted molar refractivity (Wildman–Crippen MR) is 80.3 cm³/mol. The highest BCUT2D eigenvalue weighted by Gasteiger charge is 2.30. The van der Waals surface area contributed by atoms with Crippen molar-refractivity contribution in [1.29, 1.82) is 0 Å². The van der Waals surface area contributed by atoms with Crippen LogP contribution in [0.15, 0.2) is 18.2 Å². The number of hydrogen-bond donors (Lipinski definition) is 4. The maximum atomic E-state index is 12.0. The van der Waals surface area contributed by atoms with Crippen molar-refractivity contribution in [2.75, 3.05) is 13.2 Å². The zero-order valence-corrected chi connectivity index (χ0v) is 12.8. The Kier molecular flexibility index (Phi) is 6.18. The van der Waals surface area contributed by atoms with Crippen LogP contribution in [0.4, 0.5) is 0 Å². The number of nitrogens with two attached hydrogens (primary N) is 1. The van der Waals surface area contributed by atoms with Crippen LogP contribution in [-0.4, -0.2) is 40.8 Å². The molecule has 0 aliphatic heterocycles. The van der Waals surface area contributed by atoms with Gasteiger partial charge in [-0.3, -0.25) is 9.59 Å². The SMILES string of the molecule is CC(=O)NCCCOC(=O)C(C)(N)Cc1ccc(O)c(O)c1. The molecule has 0 aromatic heterocycles. The van der Waals surface area contributed by atoms with Crippen LogP contribution in [-0.2, 0) is 20.7 Å². The number of benzene rings is 1. The standard InChI is InChI=1S/C15H22N2O5/c1-10(18)17-6-3-7-22-14(21)15(2,16)9-11-4-5-12(19)13(20)8-11/h4-5,8,19-20H,3,6-7,9,16H2,1-2H3,(H,17,18). The molecule has 0 saturated carbocycles. The first-order chi connectivity index (χ1) is 10.2. The van der Waals surface area contributed by atoms with Gasteiger partial charge in [-0.2, -0.15) is 0 Å². The number of nitrogens with one attached hydrogen (secondary N) is 1. The number of phenols is 2. The van der Waals surface area contributed by atoms with Crippen molar-refractivity contribution in [2.45, 2.75) is 32.2 Å². The summed E-state index contributed by atoms with van der Waals surface area (Å²) in [4.78, 5) is 22.6. The van der Waals surface area contributed by atoms with Crippen LogP contribution in [0.3, 0.4) is 0 Å². The molecule has 1 aromatic carbocycles. The molecule has 22 heavy (non-hydrogen) atoms. The van der Waals surface area contributed by atoms with Crippen LogP contribution >= 0.6 is 0 Å². The number of rotatable bonds is 7. The minimum atomic E-state index is -1.25. The molecule has 1 unspecified atom stereocenters. The first kappa shape index (κ1) is 17.8. The third-order valence-corrected chi connectivity index (χ3v) is 3.01. The van der Waals surface area contributed by atoms with Crippen molar-refractivity contribution < 1.29 is 24.5 Å². The maximum absolute atomic E-state index is 12.0. The normalized spacial score (nSPS) is 13.2. The van der Waals surface area contributed by atoms with Gasteiger partial charge >= 0.3 is 5.97 Å². The quantitative estimate of drug-likeness (QED) is 0.329. The van der Waals surface area contributed by atoms with Gasteiger partial charge in [0.2, 0.25) is 5.91 Å². The molecule has 1 atom stereocenters. The van der Waals surface area contributed by atoms with Crippen molar-refractivity contribution in [3.63, 3.8) is 0 Å². The average Bonchev–Trinajstić information content (AvgIpc) is 2.41. The summed E-state index contributed by atoms with van der Waals surface area (Å²) >= 11 is 0. The minimum absolute atomic E-state index is 0.137. The Labute approximate surface area is 129 Å². The van der Waals surface area contributed by atoms with Gasteiger partial charge in [-0.05, 0) is 31.0 Å². The summed E-state index contributed by atoms with van der Waals surface area (Å²) in [6.07, 6.45) is 0.659. The average molecular weight is 310 g/mol. The molecule has 1 aromatic rings. The van der Waals surface area contributed by atoms with E-state index in [0.29, 0.717) is 18.5 Å². The van der Waals surface area contributed by atoms with Crippen LogP contribution in [0.25, 0.3) is 0 Å². The fraction of sp³-hybridized carbons (Fsp3) is 0.467. The van der Waals surface area contributed by atoms with Gasteiger partial charge in [0.25, 0.3) is 0 Å². The fourth-order valence-electron chi connectivity index (χ4n) is 1.84. The van der Waals surface area contributed by atoms with Crippen LogP contribution < -0.4 is 11.1 Å². The molecular weight excluding hydrogens is 288 g/mol. The molecule has 0 fully saturated rings. The van der Waals surface area contributed by atoms with Gasteiger partial charge in [0.15, 0.2) is 11.5 Å². The van der Waals surface area contributed by atoms with Gasteiger partial charge in [0.1, 0.15) is 5.54 Å². The third kappa shape index (κ3) is 5.61. The summed E-state index contributed by atoms with van der Waals surface area (Å²) in [6.45, 7) is 3.53. The molecule has 0 aliphatic carbocycles. The van der Waals surface area contributed by atoms with Crippen molar-refractivity contribution in [3.8, 4) is 11.5 Å². The van der Waals surface area contributed by atoms with E-state index in [2.05, 4.69) is 5.32 Å². The fourth-order valence-corrected chi connectivity index (χ4v) is 1.84. The number of aromatic hydroxyl groups is 2. The molecule has 0 bridgehead atoms. The summed E-state index contributed by atoms with van der Waals surface area (Å²) < 4.78 is 5.09. The third-order valence-electron chi connectivity index (χ3n) is 3.01. The molecule has 1 rings (SSSR count). The molecule has 0 radical (unpaired) electrons. The van der Waals surface area contributed by atoms with Crippen LogP contribution in [0.5, 0.6) is 11.5 Å². The van der Waals surface area contributed by atoms with Crippen molar-refractivity contribution in [2.24, 2.45) is 5.73 Å². The van der Waals surface area contributed by atoms with E-state index in [1.807, 2.05) is 0 Å². The highest BCUT2D eigenvalue weighted by molar-refractivity contribution is 5.80. The van der Waals surface area contributed by atoms with Crippen LogP contribution in [0.2, 0.25) is 0 Å². The van der Waals surface area contributed by atoms with E-state index in [1.54, 1.807) is 6.07 Å². The first-order valence-electron chi connectivity index (χ1n) is 6.94. The van der Waals surface area contributed by atoms with Gasteiger partial charge in [-0.15, -0.1) is 0 Å². The Balaban J connectivity index is 2.48. The summed E-state index contributed by atoms with van der Waals surface area (Å²) in [5.41, 5.74) is 5.31. The Morgan fingerprint density at radius 2 is 2.00 bits per heavy atom. The second-order valence-corrected chi connectivity index (χ2v) is 5.39. The molecule has 7 heteroatoms. The summed E-state index contributed by atoms with van der Waals surface area (Å²) in [5.74, 6) is -1.20. The van der Waals surface area contributed by atoms with E-state index < -0.39 is 11.5 Å². The summed E-state index contributed by atoms with van der Waals surface area (Å²) in [6, 6.07) is 4.26. The highest BCUT2D eigenvalue weighted by Crippen LogP contribution is 2.26. The second-order valence-electron chi connectivity index (χ2n) is 5.39. The molecule has 0 aliphatic rings. The van der Waals surface area contributed by atoms with Crippen LogP contribution in [0, 0.1) is 0 Å².